The van der Waals surface area contributed by atoms with E-state index in [2.05, 4.69) is 15.3 Å². The van der Waals surface area contributed by atoms with Crippen molar-refractivity contribution in [2.24, 2.45) is 0 Å². The summed E-state index contributed by atoms with van der Waals surface area (Å²) in [6, 6.07) is 1.35. The fraction of sp³-hybridized carbons (Fsp3) is 0.231. The van der Waals surface area contributed by atoms with Crippen LogP contribution in [0.15, 0.2) is 29.6 Å². The molecule has 0 bridgehead atoms. The topological polar surface area (TPSA) is 117 Å². The van der Waals surface area contributed by atoms with Crippen molar-refractivity contribution >= 4 is 11.9 Å². The van der Waals surface area contributed by atoms with Gasteiger partial charge in [-0.05, 0) is 6.92 Å². The second-order valence-corrected chi connectivity index (χ2v) is 4.45. The largest absolute Gasteiger partial charge is 0.476 e. The van der Waals surface area contributed by atoms with Crippen molar-refractivity contribution in [1.82, 2.24) is 19.9 Å². The third-order valence-electron chi connectivity index (χ3n) is 2.81. The van der Waals surface area contributed by atoms with Crippen LogP contribution in [0.25, 0.3) is 0 Å². The molecule has 2 rings (SSSR count). The van der Waals surface area contributed by atoms with Crippen LogP contribution in [0.5, 0.6) is 0 Å². The van der Waals surface area contributed by atoms with Crippen LogP contribution in [0.2, 0.25) is 0 Å². The van der Waals surface area contributed by atoms with Crippen LogP contribution < -0.4 is 10.7 Å². The standard InChI is InChI=1S/C13H14N4O4/c1-8-4-11(18)9(5-15-8)12(19)14-2-3-17-6-10(13(20)21)16-7-17/h4-7H,2-3H2,1H3,(H,14,19)(H,15,18)(H,20,21). The number of carbonyl (C=O) groups excluding carboxylic acids is 1. The number of amides is 1. The Bertz CT molecular complexity index is 732. The molecule has 2 heterocycles. The molecule has 0 aliphatic carbocycles. The van der Waals surface area contributed by atoms with Gasteiger partial charge in [0.05, 0.1) is 6.33 Å². The Labute approximate surface area is 119 Å². The third-order valence-corrected chi connectivity index (χ3v) is 2.81. The number of carboxylic acids is 1. The smallest absolute Gasteiger partial charge is 0.356 e. The monoisotopic (exact) mass is 290 g/mol. The lowest BCUT2D eigenvalue weighted by Crippen LogP contribution is -2.31. The molecular weight excluding hydrogens is 276 g/mol. The fourth-order valence-electron chi connectivity index (χ4n) is 1.74. The highest BCUT2D eigenvalue weighted by atomic mass is 16.4. The first kappa shape index (κ1) is 14.5. The van der Waals surface area contributed by atoms with Gasteiger partial charge in [-0.3, -0.25) is 9.59 Å². The molecule has 0 saturated carbocycles. The van der Waals surface area contributed by atoms with Crippen LogP contribution in [0.3, 0.4) is 0 Å². The first-order valence-electron chi connectivity index (χ1n) is 6.20. The molecule has 0 fully saturated rings. The highest BCUT2D eigenvalue weighted by Crippen LogP contribution is 1.96. The maximum atomic E-state index is 11.8. The number of carbonyl (C=O) groups is 2. The van der Waals surface area contributed by atoms with Gasteiger partial charge in [0.25, 0.3) is 5.91 Å². The number of hydrogen-bond acceptors (Lipinski definition) is 4. The normalized spacial score (nSPS) is 10.3. The Hall–Kier alpha value is -2.90. The average molecular weight is 290 g/mol. The lowest BCUT2D eigenvalue weighted by molar-refractivity contribution is 0.0690. The number of aryl methyl sites for hydroxylation is 1. The Balaban J connectivity index is 1.92. The number of H-pyrrole nitrogens is 1. The van der Waals surface area contributed by atoms with Crippen LogP contribution in [0.4, 0.5) is 0 Å². The molecule has 8 nitrogen and oxygen atoms in total. The summed E-state index contributed by atoms with van der Waals surface area (Å²) in [4.78, 5) is 40.6. The lowest BCUT2D eigenvalue weighted by Gasteiger charge is -2.05. The summed E-state index contributed by atoms with van der Waals surface area (Å²) in [5.74, 6) is -1.58. The molecule has 2 aromatic rings. The van der Waals surface area contributed by atoms with E-state index in [0.717, 1.165) is 0 Å². The van der Waals surface area contributed by atoms with E-state index >= 15 is 0 Å². The van der Waals surface area contributed by atoms with E-state index in [9.17, 15) is 14.4 Å². The molecule has 3 N–H and O–H groups in total. The molecule has 0 aliphatic rings. The zero-order valence-electron chi connectivity index (χ0n) is 11.3. The first-order valence-corrected chi connectivity index (χ1v) is 6.20. The molecule has 8 heteroatoms. The van der Waals surface area contributed by atoms with E-state index in [-0.39, 0.29) is 23.2 Å². The fourth-order valence-corrected chi connectivity index (χ4v) is 1.74. The minimum atomic E-state index is -1.11. The summed E-state index contributed by atoms with van der Waals surface area (Å²) in [6.45, 7) is 2.33. The van der Waals surface area contributed by atoms with Crippen molar-refractivity contribution in [1.29, 1.82) is 0 Å². The minimum Gasteiger partial charge on any atom is -0.476 e. The van der Waals surface area contributed by atoms with Gasteiger partial charge < -0.3 is 20.0 Å². The SMILES string of the molecule is Cc1cc(=O)c(C(=O)NCCn2cnc(C(=O)O)c2)c[nH]1. The molecule has 0 aromatic carbocycles. The van der Waals surface area contributed by atoms with Gasteiger partial charge in [-0.2, -0.15) is 0 Å². The number of carboxylic acid groups (broad SMARTS) is 1. The Morgan fingerprint density at radius 3 is 2.86 bits per heavy atom. The van der Waals surface area contributed by atoms with E-state index in [1.807, 2.05) is 0 Å². The van der Waals surface area contributed by atoms with Crippen LogP contribution >= 0.6 is 0 Å². The van der Waals surface area contributed by atoms with Gasteiger partial charge in [-0.1, -0.05) is 0 Å². The number of pyridine rings is 1. The number of hydrogen-bond donors (Lipinski definition) is 3. The number of imidazole rings is 1. The molecule has 0 saturated heterocycles. The van der Waals surface area contributed by atoms with Crippen molar-refractivity contribution in [3.8, 4) is 0 Å². The second-order valence-electron chi connectivity index (χ2n) is 4.45. The predicted octanol–water partition coefficient (Wildman–Crippen LogP) is 0.00802. The van der Waals surface area contributed by atoms with Crippen LogP contribution in [-0.4, -0.2) is 38.1 Å². The van der Waals surface area contributed by atoms with Crippen LogP contribution in [0, 0.1) is 6.92 Å². The van der Waals surface area contributed by atoms with Crippen molar-refractivity contribution in [2.45, 2.75) is 13.5 Å². The minimum absolute atomic E-state index is 0.0393. The number of aromatic amines is 1. The zero-order valence-corrected chi connectivity index (χ0v) is 11.3. The van der Waals surface area contributed by atoms with Gasteiger partial charge in [-0.25, -0.2) is 9.78 Å². The highest BCUT2D eigenvalue weighted by Gasteiger charge is 2.10. The number of aromatic carboxylic acids is 1. The third kappa shape index (κ3) is 3.56. The molecule has 0 unspecified atom stereocenters. The van der Waals surface area contributed by atoms with Crippen LogP contribution in [0.1, 0.15) is 26.5 Å². The summed E-state index contributed by atoms with van der Waals surface area (Å²) in [6.07, 6.45) is 4.11. The van der Waals surface area contributed by atoms with Crippen LogP contribution in [-0.2, 0) is 6.54 Å². The van der Waals surface area contributed by atoms with Gasteiger partial charge >= 0.3 is 5.97 Å². The summed E-state index contributed by atoms with van der Waals surface area (Å²) >= 11 is 0. The van der Waals surface area contributed by atoms with Crippen molar-refractivity contribution in [3.63, 3.8) is 0 Å². The number of nitrogens with zero attached hydrogens (tertiary/aromatic N) is 2. The maximum Gasteiger partial charge on any atom is 0.356 e. The van der Waals surface area contributed by atoms with Crippen molar-refractivity contribution in [3.05, 3.63) is 52.0 Å². The maximum absolute atomic E-state index is 11.8. The van der Waals surface area contributed by atoms with Gasteiger partial charge in [-0.15, -0.1) is 0 Å². The zero-order chi connectivity index (χ0) is 15.4. The average Bonchev–Trinajstić information content (AvgIpc) is 2.87. The molecule has 0 atom stereocenters. The van der Waals surface area contributed by atoms with Gasteiger partial charge in [0.2, 0.25) is 0 Å². The van der Waals surface area contributed by atoms with E-state index < -0.39 is 11.9 Å². The molecule has 21 heavy (non-hydrogen) atoms. The van der Waals surface area contributed by atoms with Crippen molar-refractivity contribution in [2.75, 3.05) is 6.54 Å². The van der Waals surface area contributed by atoms with Gasteiger partial charge in [0.1, 0.15) is 5.56 Å². The molecule has 0 spiro atoms. The quantitative estimate of drug-likeness (QED) is 0.717. The lowest BCUT2D eigenvalue weighted by atomic mass is 10.2. The number of aromatic nitrogens is 3. The Morgan fingerprint density at radius 1 is 1.48 bits per heavy atom. The second kappa shape index (κ2) is 6.04. The summed E-state index contributed by atoms with van der Waals surface area (Å²) in [7, 11) is 0. The summed E-state index contributed by atoms with van der Waals surface area (Å²) < 4.78 is 1.54. The Morgan fingerprint density at radius 2 is 2.24 bits per heavy atom. The van der Waals surface area contributed by atoms with Crippen molar-refractivity contribution < 1.29 is 14.7 Å². The number of rotatable bonds is 5. The number of nitrogens with one attached hydrogen (secondary N) is 2. The van der Waals surface area contributed by atoms with E-state index in [0.29, 0.717) is 12.2 Å². The predicted molar refractivity (Wildman–Crippen MR) is 73.3 cm³/mol. The Kier molecular flexibility index (Phi) is 4.17. The van der Waals surface area contributed by atoms with E-state index in [1.54, 1.807) is 11.5 Å². The summed E-state index contributed by atoms with van der Waals surface area (Å²) in [5.41, 5.74) is 0.310. The molecule has 0 radical (unpaired) electrons. The molecule has 1 amide bonds. The molecule has 0 aliphatic heterocycles. The molecular formula is C13H14N4O4. The summed E-state index contributed by atoms with van der Waals surface area (Å²) in [5, 5.41) is 11.3. The van der Waals surface area contributed by atoms with Gasteiger partial charge in [0, 0.05) is 37.2 Å². The van der Waals surface area contributed by atoms with Gasteiger partial charge in [0.15, 0.2) is 11.1 Å². The first-order chi connectivity index (χ1) is 9.97. The molecule has 110 valence electrons. The van der Waals surface area contributed by atoms with E-state index in [4.69, 9.17) is 5.11 Å². The van der Waals surface area contributed by atoms with E-state index in [1.165, 1.54) is 24.8 Å². The molecule has 2 aromatic heterocycles. The highest BCUT2D eigenvalue weighted by molar-refractivity contribution is 5.93.